The van der Waals surface area contributed by atoms with Crippen LogP contribution in [-0.4, -0.2) is 37.7 Å². The second kappa shape index (κ2) is 3.55. The van der Waals surface area contributed by atoms with Gasteiger partial charge < -0.3 is 4.74 Å². The quantitative estimate of drug-likeness (QED) is 0.515. The number of nitriles is 1. The van der Waals surface area contributed by atoms with Crippen molar-refractivity contribution >= 4 is 0 Å². The summed E-state index contributed by atoms with van der Waals surface area (Å²) in [5.74, 6) is 0. The third kappa shape index (κ3) is 1.69. The van der Waals surface area contributed by atoms with Crippen LogP contribution in [0.2, 0.25) is 0 Å². The zero-order chi connectivity index (χ0) is 7.40. The number of likely N-dealkylation sites (tertiary alicyclic amines) is 1. The average Bonchev–Trinajstić information content (AvgIpc) is 2.37. The van der Waals surface area contributed by atoms with Gasteiger partial charge in [-0.05, 0) is 6.42 Å². The molecule has 10 heavy (non-hydrogen) atoms. The summed E-state index contributed by atoms with van der Waals surface area (Å²) >= 11 is 0. The van der Waals surface area contributed by atoms with Gasteiger partial charge in [-0.3, -0.25) is 4.90 Å². The molecule has 3 nitrogen and oxygen atoms in total. The Hall–Kier alpha value is -0.590. The first-order chi connectivity index (χ1) is 4.86. The molecule has 0 aromatic heterocycles. The number of hydrogen-bond acceptors (Lipinski definition) is 3. The van der Waals surface area contributed by atoms with E-state index < -0.39 is 0 Å². The summed E-state index contributed by atoms with van der Waals surface area (Å²) in [7, 11) is 1.72. The van der Waals surface area contributed by atoms with Crippen LogP contribution in [0.15, 0.2) is 0 Å². The van der Waals surface area contributed by atoms with E-state index >= 15 is 0 Å². The second-order valence-corrected chi connectivity index (χ2v) is 2.54. The van der Waals surface area contributed by atoms with E-state index in [4.69, 9.17) is 10.00 Å². The summed E-state index contributed by atoms with van der Waals surface area (Å²) in [6.07, 6.45) is 1.42. The van der Waals surface area contributed by atoms with Crippen molar-refractivity contribution in [2.45, 2.75) is 12.5 Å². The van der Waals surface area contributed by atoms with E-state index in [-0.39, 0.29) is 0 Å². The average molecular weight is 140 g/mol. The van der Waals surface area contributed by atoms with E-state index in [1.807, 2.05) is 0 Å². The Bertz CT molecular complexity index is 141. The van der Waals surface area contributed by atoms with Crippen molar-refractivity contribution in [3.8, 4) is 6.07 Å². The Balaban J connectivity index is 2.23. The summed E-state index contributed by atoms with van der Waals surface area (Å²) < 4.78 is 5.14. The van der Waals surface area contributed by atoms with Gasteiger partial charge in [-0.1, -0.05) is 0 Å². The third-order valence-corrected chi connectivity index (χ3v) is 1.86. The topological polar surface area (TPSA) is 36.3 Å². The van der Waals surface area contributed by atoms with Crippen molar-refractivity contribution in [3.05, 3.63) is 0 Å². The van der Waals surface area contributed by atoms with Gasteiger partial charge >= 0.3 is 0 Å². The molecule has 0 amide bonds. The molecule has 0 spiro atoms. The summed E-state index contributed by atoms with van der Waals surface area (Å²) in [6.45, 7) is 2.47. The fraction of sp³-hybridized carbons (Fsp3) is 0.857. The molecule has 0 aromatic carbocycles. The van der Waals surface area contributed by atoms with Crippen LogP contribution >= 0.6 is 0 Å². The largest absolute Gasteiger partial charge is 0.380 e. The van der Waals surface area contributed by atoms with Gasteiger partial charge in [-0.15, -0.1) is 0 Å². The lowest BCUT2D eigenvalue weighted by Gasteiger charge is -2.09. The van der Waals surface area contributed by atoms with Gasteiger partial charge in [-0.25, -0.2) is 0 Å². The van der Waals surface area contributed by atoms with Crippen LogP contribution in [0.4, 0.5) is 0 Å². The predicted octanol–water partition coefficient (Wildman–Crippen LogP) is 0.231. The number of methoxy groups -OCH3 is 1. The van der Waals surface area contributed by atoms with Crippen LogP contribution in [0.5, 0.6) is 0 Å². The molecule has 1 saturated heterocycles. The van der Waals surface area contributed by atoms with Crippen molar-refractivity contribution < 1.29 is 4.74 Å². The van der Waals surface area contributed by atoms with Crippen molar-refractivity contribution in [2.24, 2.45) is 0 Å². The third-order valence-electron chi connectivity index (χ3n) is 1.86. The standard InChI is InChI=1S/C7H12N2O/c1-10-7-2-4-9(6-7)5-3-8/h7H,2,4-6H2,1H3. The predicted molar refractivity (Wildman–Crippen MR) is 37.5 cm³/mol. The zero-order valence-electron chi connectivity index (χ0n) is 6.21. The molecule has 1 fully saturated rings. The number of rotatable bonds is 2. The van der Waals surface area contributed by atoms with Crippen LogP contribution in [0, 0.1) is 11.3 Å². The Morgan fingerprint density at radius 1 is 1.80 bits per heavy atom. The molecular formula is C7H12N2O. The monoisotopic (exact) mass is 140 g/mol. The molecule has 0 bridgehead atoms. The van der Waals surface area contributed by atoms with Gasteiger partial charge in [0.05, 0.1) is 18.7 Å². The fourth-order valence-corrected chi connectivity index (χ4v) is 1.23. The second-order valence-electron chi connectivity index (χ2n) is 2.54. The van der Waals surface area contributed by atoms with E-state index in [0.717, 1.165) is 19.5 Å². The van der Waals surface area contributed by atoms with Gasteiger partial charge in [0.2, 0.25) is 0 Å². The minimum atomic E-state index is 0.355. The molecule has 0 aliphatic carbocycles. The highest BCUT2D eigenvalue weighted by atomic mass is 16.5. The molecular weight excluding hydrogens is 128 g/mol. The van der Waals surface area contributed by atoms with Crippen LogP contribution in [0.3, 0.4) is 0 Å². The van der Waals surface area contributed by atoms with E-state index in [1.165, 1.54) is 0 Å². The highest BCUT2D eigenvalue weighted by molar-refractivity contribution is 4.83. The van der Waals surface area contributed by atoms with Gasteiger partial charge in [0.15, 0.2) is 0 Å². The van der Waals surface area contributed by atoms with Gasteiger partial charge in [-0.2, -0.15) is 5.26 Å². The van der Waals surface area contributed by atoms with E-state index in [1.54, 1.807) is 7.11 Å². The van der Waals surface area contributed by atoms with Crippen molar-refractivity contribution in [3.63, 3.8) is 0 Å². The van der Waals surface area contributed by atoms with Crippen molar-refractivity contribution in [1.29, 1.82) is 5.26 Å². The van der Waals surface area contributed by atoms with Gasteiger partial charge in [0.1, 0.15) is 0 Å². The molecule has 1 aliphatic heterocycles. The molecule has 1 unspecified atom stereocenters. The maximum absolute atomic E-state index is 8.35. The first-order valence-corrected chi connectivity index (χ1v) is 3.49. The zero-order valence-corrected chi connectivity index (χ0v) is 6.21. The summed E-state index contributed by atoms with van der Waals surface area (Å²) in [4.78, 5) is 2.11. The molecule has 1 rings (SSSR count). The number of hydrogen-bond donors (Lipinski definition) is 0. The Kier molecular flexibility index (Phi) is 2.67. The maximum atomic E-state index is 8.35. The molecule has 0 saturated carbocycles. The summed E-state index contributed by atoms with van der Waals surface area (Å²) in [5.41, 5.74) is 0. The lowest BCUT2D eigenvalue weighted by molar-refractivity contribution is 0.110. The molecule has 1 aliphatic rings. The number of nitrogens with zero attached hydrogens (tertiary/aromatic N) is 2. The van der Waals surface area contributed by atoms with Crippen molar-refractivity contribution in [2.75, 3.05) is 26.7 Å². The minimum Gasteiger partial charge on any atom is -0.380 e. The van der Waals surface area contributed by atoms with E-state index in [2.05, 4.69) is 11.0 Å². The molecule has 1 atom stereocenters. The molecule has 0 aromatic rings. The fourth-order valence-electron chi connectivity index (χ4n) is 1.23. The minimum absolute atomic E-state index is 0.355. The van der Waals surface area contributed by atoms with Gasteiger partial charge in [0.25, 0.3) is 0 Å². The summed E-state index contributed by atoms with van der Waals surface area (Å²) in [5, 5.41) is 8.35. The van der Waals surface area contributed by atoms with E-state index in [0.29, 0.717) is 12.6 Å². The molecule has 0 N–H and O–H groups in total. The smallest absolute Gasteiger partial charge is 0.0866 e. The lowest BCUT2D eigenvalue weighted by atomic mass is 10.3. The first-order valence-electron chi connectivity index (χ1n) is 3.49. The van der Waals surface area contributed by atoms with Crippen molar-refractivity contribution in [1.82, 2.24) is 4.90 Å². The molecule has 56 valence electrons. The van der Waals surface area contributed by atoms with E-state index in [9.17, 15) is 0 Å². The normalized spacial score (nSPS) is 26.6. The van der Waals surface area contributed by atoms with Crippen LogP contribution < -0.4 is 0 Å². The summed E-state index contributed by atoms with van der Waals surface area (Å²) in [6, 6.07) is 2.12. The highest BCUT2D eigenvalue weighted by Gasteiger charge is 2.20. The molecule has 3 heteroatoms. The Morgan fingerprint density at radius 2 is 2.60 bits per heavy atom. The van der Waals surface area contributed by atoms with Crippen LogP contribution in [-0.2, 0) is 4.74 Å². The van der Waals surface area contributed by atoms with Crippen LogP contribution in [0.1, 0.15) is 6.42 Å². The van der Waals surface area contributed by atoms with Gasteiger partial charge in [0, 0.05) is 20.2 Å². The lowest BCUT2D eigenvalue weighted by Crippen LogP contribution is -2.22. The Labute approximate surface area is 61.2 Å². The van der Waals surface area contributed by atoms with Crippen LogP contribution in [0.25, 0.3) is 0 Å². The molecule has 1 heterocycles. The highest BCUT2D eigenvalue weighted by Crippen LogP contribution is 2.10. The number of ether oxygens (including phenoxy) is 1. The maximum Gasteiger partial charge on any atom is 0.0866 e. The first kappa shape index (κ1) is 7.52. The Morgan fingerprint density at radius 3 is 3.10 bits per heavy atom. The SMILES string of the molecule is COC1CCN(CC#N)C1. The molecule has 0 radical (unpaired) electrons.